The maximum absolute atomic E-state index is 12.1. The fraction of sp³-hybridized carbons (Fsp3) is 0.0667. The number of carbonyl (C=O) groups is 2. The van der Waals surface area contributed by atoms with Gasteiger partial charge in [0.1, 0.15) is 11.3 Å². The molecule has 0 aliphatic carbocycles. The summed E-state index contributed by atoms with van der Waals surface area (Å²) in [6.45, 7) is 0. The van der Waals surface area contributed by atoms with E-state index in [9.17, 15) is 9.59 Å². The van der Waals surface area contributed by atoms with E-state index in [1.165, 1.54) is 19.2 Å². The van der Waals surface area contributed by atoms with E-state index < -0.39 is 11.9 Å². The van der Waals surface area contributed by atoms with Crippen molar-refractivity contribution >= 4 is 39.5 Å². The molecule has 0 amide bonds. The summed E-state index contributed by atoms with van der Waals surface area (Å²) >= 11 is 9.19. The van der Waals surface area contributed by atoms with Crippen molar-refractivity contribution in [2.24, 2.45) is 0 Å². The SMILES string of the molecule is COC(=O)c1cc(Br)ccc1OC(=O)c1ccccc1Cl. The van der Waals surface area contributed by atoms with Gasteiger partial charge in [-0.3, -0.25) is 0 Å². The van der Waals surface area contributed by atoms with Gasteiger partial charge in [0.25, 0.3) is 0 Å². The average molecular weight is 370 g/mol. The van der Waals surface area contributed by atoms with Crippen LogP contribution in [0.15, 0.2) is 46.9 Å². The molecule has 0 aliphatic rings. The van der Waals surface area contributed by atoms with Crippen molar-refractivity contribution in [2.75, 3.05) is 7.11 Å². The summed E-state index contributed by atoms with van der Waals surface area (Å²) in [5.41, 5.74) is 0.366. The Morgan fingerprint density at radius 3 is 2.43 bits per heavy atom. The van der Waals surface area contributed by atoms with E-state index in [1.807, 2.05) is 0 Å². The van der Waals surface area contributed by atoms with Crippen LogP contribution in [0.3, 0.4) is 0 Å². The Bertz CT molecular complexity index is 700. The van der Waals surface area contributed by atoms with Gasteiger partial charge < -0.3 is 9.47 Å². The van der Waals surface area contributed by atoms with Gasteiger partial charge in [-0.2, -0.15) is 0 Å². The highest BCUT2D eigenvalue weighted by atomic mass is 79.9. The molecule has 2 rings (SSSR count). The van der Waals surface area contributed by atoms with Crippen molar-refractivity contribution in [1.82, 2.24) is 0 Å². The molecule has 0 bridgehead atoms. The fourth-order valence-corrected chi connectivity index (χ4v) is 2.22. The van der Waals surface area contributed by atoms with Gasteiger partial charge in [0.2, 0.25) is 0 Å². The molecule has 0 aliphatic heterocycles. The highest BCUT2D eigenvalue weighted by Gasteiger charge is 2.18. The Balaban J connectivity index is 2.34. The van der Waals surface area contributed by atoms with E-state index in [0.29, 0.717) is 4.47 Å². The minimum absolute atomic E-state index is 0.106. The van der Waals surface area contributed by atoms with Gasteiger partial charge in [-0.25, -0.2) is 9.59 Å². The molecule has 0 spiro atoms. The van der Waals surface area contributed by atoms with Gasteiger partial charge in [0.15, 0.2) is 0 Å². The van der Waals surface area contributed by atoms with E-state index in [0.717, 1.165) is 0 Å². The molecule has 6 heteroatoms. The third-order valence-corrected chi connectivity index (χ3v) is 3.47. The number of benzene rings is 2. The van der Waals surface area contributed by atoms with Crippen LogP contribution < -0.4 is 4.74 Å². The van der Waals surface area contributed by atoms with Crippen LogP contribution >= 0.6 is 27.5 Å². The zero-order valence-corrected chi connectivity index (χ0v) is 13.3. The minimum atomic E-state index is -0.645. The molecule has 21 heavy (non-hydrogen) atoms. The molecule has 0 N–H and O–H groups in total. The maximum Gasteiger partial charge on any atom is 0.345 e. The highest BCUT2D eigenvalue weighted by molar-refractivity contribution is 9.10. The average Bonchev–Trinajstić information content (AvgIpc) is 2.48. The van der Waals surface area contributed by atoms with Crippen LogP contribution in [0.1, 0.15) is 20.7 Å². The molecule has 0 atom stereocenters. The van der Waals surface area contributed by atoms with Crippen LogP contribution in [0.5, 0.6) is 5.75 Å². The van der Waals surface area contributed by atoms with Crippen molar-refractivity contribution < 1.29 is 19.1 Å². The molecule has 0 fully saturated rings. The molecule has 0 heterocycles. The van der Waals surface area contributed by atoms with Crippen LogP contribution in [-0.2, 0) is 4.74 Å². The Labute approximate surface area is 134 Å². The standard InChI is InChI=1S/C15H10BrClO4/c1-20-14(18)11-8-9(16)6-7-13(11)21-15(19)10-4-2-3-5-12(10)17/h2-8H,1H3. The quantitative estimate of drug-likeness (QED) is 0.603. The van der Waals surface area contributed by atoms with E-state index >= 15 is 0 Å². The Kier molecular flexibility index (Phi) is 4.98. The zero-order valence-electron chi connectivity index (χ0n) is 10.9. The number of ether oxygens (including phenoxy) is 2. The number of halogens is 2. The summed E-state index contributed by atoms with van der Waals surface area (Å²) in [5, 5.41) is 0.277. The number of carbonyl (C=O) groups excluding carboxylic acids is 2. The molecule has 0 saturated heterocycles. The maximum atomic E-state index is 12.1. The topological polar surface area (TPSA) is 52.6 Å². The van der Waals surface area contributed by atoms with Gasteiger partial charge in [-0.05, 0) is 30.3 Å². The van der Waals surface area contributed by atoms with Gasteiger partial charge in [-0.15, -0.1) is 0 Å². The fourth-order valence-electron chi connectivity index (χ4n) is 1.64. The normalized spacial score (nSPS) is 10.0. The molecule has 0 radical (unpaired) electrons. The molecular weight excluding hydrogens is 360 g/mol. The number of rotatable bonds is 3. The lowest BCUT2D eigenvalue weighted by molar-refractivity contribution is 0.0593. The van der Waals surface area contributed by atoms with Crippen LogP contribution in [0.25, 0.3) is 0 Å². The number of esters is 2. The number of methoxy groups -OCH3 is 1. The lowest BCUT2D eigenvalue weighted by Gasteiger charge is -2.10. The largest absolute Gasteiger partial charge is 0.465 e. The van der Waals surface area contributed by atoms with Crippen LogP contribution in [0, 0.1) is 0 Å². The van der Waals surface area contributed by atoms with E-state index in [2.05, 4.69) is 20.7 Å². The Morgan fingerprint density at radius 1 is 1.05 bits per heavy atom. The Hall–Kier alpha value is -1.85. The second-order valence-corrected chi connectivity index (χ2v) is 5.32. The number of hydrogen-bond donors (Lipinski definition) is 0. The first-order valence-electron chi connectivity index (χ1n) is 5.87. The summed E-state index contributed by atoms with van der Waals surface area (Å²) in [6.07, 6.45) is 0. The summed E-state index contributed by atoms with van der Waals surface area (Å²) in [5.74, 6) is -1.14. The van der Waals surface area contributed by atoms with Crippen LogP contribution in [0.2, 0.25) is 5.02 Å². The predicted molar refractivity (Wildman–Crippen MR) is 81.9 cm³/mol. The lowest BCUT2D eigenvalue weighted by Crippen LogP contribution is -2.12. The van der Waals surface area contributed by atoms with Crippen molar-refractivity contribution in [3.05, 3.63) is 63.1 Å². The van der Waals surface area contributed by atoms with E-state index in [-0.39, 0.29) is 21.9 Å². The molecule has 2 aromatic rings. The molecule has 4 nitrogen and oxygen atoms in total. The summed E-state index contributed by atoms with van der Waals surface area (Å²) in [7, 11) is 1.25. The first-order valence-corrected chi connectivity index (χ1v) is 7.04. The molecule has 0 unspecified atom stereocenters. The molecule has 0 saturated carbocycles. The van der Waals surface area contributed by atoms with E-state index in [1.54, 1.807) is 30.3 Å². The molecular formula is C15H10BrClO4. The van der Waals surface area contributed by atoms with Crippen LogP contribution in [-0.4, -0.2) is 19.0 Å². The third-order valence-electron chi connectivity index (χ3n) is 2.64. The smallest absolute Gasteiger partial charge is 0.345 e. The van der Waals surface area contributed by atoms with Crippen molar-refractivity contribution in [3.63, 3.8) is 0 Å². The van der Waals surface area contributed by atoms with Crippen molar-refractivity contribution in [3.8, 4) is 5.75 Å². The Morgan fingerprint density at radius 2 is 1.76 bits per heavy atom. The van der Waals surface area contributed by atoms with Crippen molar-refractivity contribution in [1.29, 1.82) is 0 Å². The number of hydrogen-bond acceptors (Lipinski definition) is 4. The second kappa shape index (κ2) is 6.74. The van der Waals surface area contributed by atoms with Gasteiger partial charge >= 0.3 is 11.9 Å². The predicted octanol–water partition coefficient (Wildman–Crippen LogP) is 4.11. The molecule has 0 aromatic heterocycles. The summed E-state index contributed by atoms with van der Waals surface area (Å²) in [6, 6.07) is 11.2. The zero-order chi connectivity index (χ0) is 15.4. The molecule has 2 aromatic carbocycles. The second-order valence-electron chi connectivity index (χ2n) is 4.00. The monoisotopic (exact) mass is 368 g/mol. The van der Waals surface area contributed by atoms with Gasteiger partial charge in [0.05, 0.1) is 17.7 Å². The third kappa shape index (κ3) is 3.62. The highest BCUT2D eigenvalue weighted by Crippen LogP contribution is 2.26. The summed E-state index contributed by atoms with van der Waals surface area (Å²) < 4.78 is 10.6. The minimum Gasteiger partial charge on any atom is -0.465 e. The van der Waals surface area contributed by atoms with Gasteiger partial charge in [0, 0.05) is 4.47 Å². The van der Waals surface area contributed by atoms with Gasteiger partial charge in [-0.1, -0.05) is 39.7 Å². The van der Waals surface area contributed by atoms with Crippen molar-refractivity contribution in [2.45, 2.75) is 0 Å². The summed E-state index contributed by atoms with van der Waals surface area (Å²) in [4.78, 5) is 23.8. The van der Waals surface area contributed by atoms with Crippen LogP contribution in [0.4, 0.5) is 0 Å². The first kappa shape index (κ1) is 15.5. The molecule has 108 valence electrons. The van der Waals surface area contributed by atoms with E-state index in [4.69, 9.17) is 16.3 Å². The first-order chi connectivity index (χ1) is 10.0. The lowest BCUT2D eigenvalue weighted by atomic mass is 10.2.